The van der Waals surface area contributed by atoms with Gasteiger partial charge in [-0.25, -0.2) is 13.6 Å². The summed E-state index contributed by atoms with van der Waals surface area (Å²) in [5.74, 6) is 0.0175. The molecule has 0 unspecified atom stereocenters. The van der Waals surface area contributed by atoms with Crippen molar-refractivity contribution in [1.82, 2.24) is 5.32 Å². The zero-order chi connectivity index (χ0) is 21.6. The van der Waals surface area contributed by atoms with Crippen LogP contribution >= 0.6 is 0 Å². The fourth-order valence-electron chi connectivity index (χ4n) is 3.98. The normalized spacial score (nSPS) is 12.7. The first-order valence-electron chi connectivity index (χ1n) is 10.3. The summed E-state index contributed by atoms with van der Waals surface area (Å²) in [6, 6.07) is 22.7. The van der Waals surface area contributed by atoms with Crippen molar-refractivity contribution in [2.45, 2.75) is 18.8 Å². The van der Waals surface area contributed by atoms with E-state index in [0.29, 0.717) is 18.5 Å². The number of halogens is 2. The molecule has 0 bridgehead atoms. The average Bonchev–Trinajstić information content (AvgIpc) is 3.11. The largest absolute Gasteiger partial charge is 0.449 e. The molecule has 158 valence electrons. The zero-order valence-electron chi connectivity index (χ0n) is 16.9. The van der Waals surface area contributed by atoms with Crippen LogP contribution in [0.25, 0.3) is 17.2 Å². The summed E-state index contributed by atoms with van der Waals surface area (Å²) in [5, 5.41) is 2.72. The SMILES string of the molecule is O=C(NCCC=Cc1ccccc1C(F)F)OCC1c2ccccc2-c2ccccc21. The van der Waals surface area contributed by atoms with E-state index in [4.69, 9.17) is 4.74 Å². The molecule has 0 heterocycles. The molecule has 31 heavy (non-hydrogen) atoms. The van der Waals surface area contributed by atoms with Crippen LogP contribution in [-0.4, -0.2) is 19.2 Å². The number of rotatable bonds is 7. The monoisotopic (exact) mass is 419 g/mol. The predicted octanol–water partition coefficient (Wildman–Crippen LogP) is 6.57. The van der Waals surface area contributed by atoms with Gasteiger partial charge in [0.2, 0.25) is 0 Å². The van der Waals surface area contributed by atoms with Crippen LogP contribution in [0.3, 0.4) is 0 Å². The van der Waals surface area contributed by atoms with E-state index in [2.05, 4.69) is 29.6 Å². The molecule has 0 saturated heterocycles. The lowest BCUT2D eigenvalue weighted by atomic mass is 9.98. The molecule has 3 nitrogen and oxygen atoms in total. The van der Waals surface area contributed by atoms with Crippen molar-refractivity contribution >= 4 is 12.2 Å². The number of ether oxygens (including phenoxy) is 1. The maximum absolute atomic E-state index is 13.0. The first kappa shape index (κ1) is 20.8. The Balaban J connectivity index is 1.28. The highest BCUT2D eigenvalue weighted by molar-refractivity contribution is 5.79. The van der Waals surface area contributed by atoms with E-state index >= 15 is 0 Å². The van der Waals surface area contributed by atoms with Crippen LogP contribution in [0.15, 0.2) is 78.9 Å². The molecule has 4 rings (SSSR count). The summed E-state index contributed by atoms with van der Waals surface area (Å²) in [6.07, 6.45) is 0.941. The Morgan fingerprint density at radius 1 is 0.935 bits per heavy atom. The Morgan fingerprint density at radius 3 is 2.23 bits per heavy atom. The first-order chi connectivity index (χ1) is 15.1. The van der Waals surface area contributed by atoms with Crippen LogP contribution in [0.2, 0.25) is 0 Å². The number of fused-ring (bicyclic) bond motifs is 3. The van der Waals surface area contributed by atoms with Gasteiger partial charge in [-0.3, -0.25) is 0 Å². The number of benzene rings is 3. The zero-order valence-corrected chi connectivity index (χ0v) is 16.9. The van der Waals surface area contributed by atoms with E-state index in [1.807, 2.05) is 24.3 Å². The van der Waals surface area contributed by atoms with Crippen LogP contribution in [0.5, 0.6) is 0 Å². The van der Waals surface area contributed by atoms with Crippen LogP contribution in [-0.2, 0) is 4.74 Å². The van der Waals surface area contributed by atoms with Gasteiger partial charge in [-0.1, -0.05) is 84.9 Å². The van der Waals surface area contributed by atoms with Crippen LogP contribution in [0.1, 0.15) is 41.0 Å². The number of amides is 1. The summed E-state index contributed by atoms with van der Waals surface area (Å²) < 4.78 is 31.5. The highest BCUT2D eigenvalue weighted by Gasteiger charge is 2.28. The summed E-state index contributed by atoms with van der Waals surface area (Å²) >= 11 is 0. The minimum absolute atomic E-state index is 0.00300. The summed E-state index contributed by atoms with van der Waals surface area (Å²) in [5.41, 5.74) is 5.18. The number of alkyl carbamates (subject to hydrolysis) is 1. The fraction of sp³-hybridized carbons (Fsp3) is 0.192. The van der Waals surface area contributed by atoms with Crippen LogP contribution in [0.4, 0.5) is 13.6 Å². The second-order valence-corrected chi connectivity index (χ2v) is 7.37. The maximum Gasteiger partial charge on any atom is 0.407 e. The van der Waals surface area contributed by atoms with Gasteiger partial charge >= 0.3 is 6.09 Å². The van der Waals surface area contributed by atoms with Crippen molar-refractivity contribution in [2.24, 2.45) is 0 Å². The molecule has 0 aliphatic heterocycles. The second kappa shape index (κ2) is 9.56. The molecule has 1 N–H and O–H groups in total. The molecule has 0 saturated carbocycles. The lowest BCUT2D eigenvalue weighted by Gasteiger charge is -2.14. The van der Waals surface area contributed by atoms with Crippen molar-refractivity contribution in [3.8, 4) is 11.1 Å². The van der Waals surface area contributed by atoms with Gasteiger partial charge < -0.3 is 10.1 Å². The van der Waals surface area contributed by atoms with E-state index in [1.165, 1.54) is 17.2 Å². The number of carbonyl (C=O) groups excluding carboxylic acids is 1. The Kier molecular flexibility index (Phi) is 6.41. The van der Waals surface area contributed by atoms with Crippen molar-refractivity contribution in [3.63, 3.8) is 0 Å². The molecule has 3 aromatic rings. The smallest absolute Gasteiger partial charge is 0.407 e. The van der Waals surface area contributed by atoms with Gasteiger partial charge in [-0.15, -0.1) is 0 Å². The molecular weight excluding hydrogens is 396 g/mol. The quantitative estimate of drug-likeness (QED) is 0.440. The topological polar surface area (TPSA) is 38.3 Å². The van der Waals surface area contributed by atoms with Gasteiger partial charge in [-0.2, -0.15) is 0 Å². The van der Waals surface area contributed by atoms with Gasteiger partial charge in [0.05, 0.1) is 0 Å². The third kappa shape index (κ3) is 4.66. The van der Waals surface area contributed by atoms with Crippen LogP contribution in [0, 0.1) is 0 Å². The molecule has 1 amide bonds. The molecule has 0 fully saturated rings. The van der Waals surface area contributed by atoms with E-state index < -0.39 is 12.5 Å². The standard InChI is InChI=1S/C26H23F2NO2/c27-25(28)19-11-2-1-9-18(19)10-7-8-16-29-26(30)31-17-24-22-14-5-3-12-20(22)21-13-4-6-15-23(21)24/h1-7,9-15,24-25H,8,16-17H2,(H,29,30). The summed E-state index contributed by atoms with van der Waals surface area (Å²) in [7, 11) is 0. The van der Waals surface area contributed by atoms with Gasteiger partial charge in [-0.05, 0) is 34.2 Å². The fourth-order valence-corrected chi connectivity index (χ4v) is 3.98. The number of hydrogen-bond acceptors (Lipinski definition) is 2. The average molecular weight is 419 g/mol. The maximum atomic E-state index is 13.0. The molecule has 1 aliphatic carbocycles. The third-order valence-electron chi connectivity index (χ3n) is 5.45. The molecule has 0 aromatic heterocycles. The molecule has 0 atom stereocenters. The second-order valence-electron chi connectivity index (χ2n) is 7.37. The molecule has 3 aromatic carbocycles. The highest BCUT2D eigenvalue weighted by Crippen LogP contribution is 2.44. The van der Waals surface area contributed by atoms with Gasteiger partial charge in [0, 0.05) is 18.0 Å². The lowest BCUT2D eigenvalue weighted by molar-refractivity contribution is 0.143. The van der Waals surface area contributed by atoms with Gasteiger partial charge in [0.15, 0.2) is 0 Å². The van der Waals surface area contributed by atoms with Crippen molar-refractivity contribution in [1.29, 1.82) is 0 Å². The minimum atomic E-state index is -2.51. The number of carbonyl (C=O) groups is 1. The number of alkyl halides is 2. The summed E-state index contributed by atoms with van der Waals surface area (Å²) in [6.45, 7) is 0.626. The van der Waals surface area contributed by atoms with Crippen molar-refractivity contribution < 1.29 is 18.3 Å². The lowest BCUT2D eigenvalue weighted by Crippen LogP contribution is -2.26. The van der Waals surface area contributed by atoms with E-state index in [-0.39, 0.29) is 18.1 Å². The molecule has 0 spiro atoms. The molecule has 1 aliphatic rings. The predicted molar refractivity (Wildman–Crippen MR) is 118 cm³/mol. The molecule has 0 radical (unpaired) electrons. The van der Waals surface area contributed by atoms with Crippen molar-refractivity contribution in [3.05, 3.63) is 101 Å². The van der Waals surface area contributed by atoms with Gasteiger partial charge in [0.1, 0.15) is 6.61 Å². The third-order valence-corrected chi connectivity index (χ3v) is 5.45. The Labute approximate surface area is 180 Å². The summed E-state index contributed by atoms with van der Waals surface area (Å²) in [4.78, 5) is 12.1. The molecule has 5 heteroatoms. The van der Waals surface area contributed by atoms with E-state index in [0.717, 1.165) is 11.1 Å². The van der Waals surface area contributed by atoms with E-state index in [1.54, 1.807) is 30.4 Å². The highest BCUT2D eigenvalue weighted by atomic mass is 19.3. The van der Waals surface area contributed by atoms with Crippen LogP contribution < -0.4 is 5.32 Å². The first-order valence-corrected chi connectivity index (χ1v) is 10.3. The number of nitrogens with one attached hydrogen (secondary N) is 1. The Bertz CT molecular complexity index is 1050. The van der Waals surface area contributed by atoms with E-state index in [9.17, 15) is 13.6 Å². The minimum Gasteiger partial charge on any atom is -0.449 e. The molecular formula is C26H23F2NO2. The Hall–Kier alpha value is -3.47. The number of hydrogen-bond donors (Lipinski definition) is 1. The van der Waals surface area contributed by atoms with Gasteiger partial charge in [0.25, 0.3) is 6.43 Å². The van der Waals surface area contributed by atoms with Crippen molar-refractivity contribution in [2.75, 3.05) is 13.2 Å². The Morgan fingerprint density at radius 2 is 1.55 bits per heavy atom.